The van der Waals surface area contributed by atoms with E-state index < -0.39 is 0 Å². The van der Waals surface area contributed by atoms with Crippen LogP contribution in [0.3, 0.4) is 0 Å². The number of ether oxygens (including phenoxy) is 1. The normalized spacial score (nSPS) is 14.4. The summed E-state index contributed by atoms with van der Waals surface area (Å²) in [6.07, 6.45) is 2.39. The fraction of sp³-hybridized carbons (Fsp3) is 0.435. The van der Waals surface area contributed by atoms with Crippen LogP contribution in [0, 0.1) is 0 Å². The summed E-state index contributed by atoms with van der Waals surface area (Å²) < 4.78 is 5.00. The SMILES string of the molecule is CCOC(=O)c1ccc(N2CCCN(C(=O)Nc3ccc(C(C)C)cc3)CC2)nc1. The van der Waals surface area contributed by atoms with Crippen LogP contribution in [-0.2, 0) is 4.74 Å². The molecule has 0 unspecified atom stereocenters. The minimum atomic E-state index is -0.364. The molecule has 1 N–H and O–H groups in total. The number of hydrogen-bond acceptors (Lipinski definition) is 5. The van der Waals surface area contributed by atoms with Gasteiger partial charge in [0.15, 0.2) is 0 Å². The zero-order chi connectivity index (χ0) is 21.5. The van der Waals surface area contributed by atoms with Gasteiger partial charge in [0.25, 0.3) is 0 Å². The van der Waals surface area contributed by atoms with E-state index >= 15 is 0 Å². The van der Waals surface area contributed by atoms with Crippen molar-refractivity contribution >= 4 is 23.5 Å². The molecule has 2 aromatic rings. The number of amides is 2. The van der Waals surface area contributed by atoms with Crippen LogP contribution in [0.2, 0.25) is 0 Å². The molecular weight excluding hydrogens is 380 g/mol. The maximum atomic E-state index is 12.7. The van der Waals surface area contributed by atoms with Gasteiger partial charge in [-0.1, -0.05) is 26.0 Å². The number of esters is 1. The van der Waals surface area contributed by atoms with Gasteiger partial charge >= 0.3 is 12.0 Å². The van der Waals surface area contributed by atoms with Gasteiger partial charge in [0, 0.05) is 38.1 Å². The first-order valence-corrected chi connectivity index (χ1v) is 10.5. The topological polar surface area (TPSA) is 74.8 Å². The lowest BCUT2D eigenvalue weighted by Crippen LogP contribution is -2.38. The van der Waals surface area contributed by atoms with Crippen molar-refractivity contribution in [3.05, 3.63) is 53.7 Å². The molecule has 0 bridgehead atoms. The number of rotatable bonds is 5. The van der Waals surface area contributed by atoms with Crippen LogP contribution in [0.1, 0.15) is 49.0 Å². The molecule has 0 atom stereocenters. The summed E-state index contributed by atoms with van der Waals surface area (Å²) in [5.74, 6) is 0.901. The highest BCUT2D eigenvalue weighted by Crippen LogP contribution is 2.18. The molecule has 0 aliphatic carbocycles. The Morgan fingerprint density at radius 1 is 1.07 bits per heavy atom. The first-order valence-electron chi connectivity index (χ1n) is 10.5. The van der Waals surface area contributed by atoms with Crippen LogP contribution in [0.5, 0.6) is 0 Å². The van der Waals surface area contributed by atoms with Crippen LogP contribution in [0.4, 0.5) is 16.3 Å². The van der Waals surface area contributed by atoms with Crippen LogP contribution in [0.25, 0.3) is 0 Å². The third-order valence-electron chi connectivity index (χ3n) is 5.19. The number of benzene rings is 1. The summed E-state index contributed by atoms with van der Waals surface area (Å²) in [5.41, 5.74) is 2.50. The smallest absolute Gasteiger partial charge is 0.339 e. The molecule has 7 nitrogen and oxygen atoms in total. The highest BCUT2D eigenvalue weighted by atomic mass is 16.5. The van der Waals surface area contributed by atoms with Crippen LogP contribution in [-0.4, -0.2) is 54.7 Å². The van der Waals surface area contributed by atoms with E-state index in [0.717, 1.165) is 24.5 Å². The largest absolute Gasteiger partial charge is 0.462 e. The van der Waals surface area contributed by atoms with Crippen molar-refractivity contribution in [3.8, 4) is 0 Å². The zero-order valence-electron chi connectivity index (χ0n) is 17.9. The number of hydrogen-bond donors (Lipinski definition) is 1. The van der Waals surface area contributed by atoms with Crippen molar-refractivity contribution in [1.82, 2.24) is 9.88 Å². The van der Waals surface area contributed by atoms with Crippen LogP contribution in [0.15, 0.2) is 42.6 Å². The van der Waals surface area contributed by atoms with Gasteiger partial charge in [-0.25, -0.2) is 14.6 Å². The van der Waals surface area contributed by atoms with Crippen LogP contribution >= 0.6 is 0 Å². The number of aromatic nitrogens is 1. The predicted octanol–water partition coefficient (Wildman–Crippen LogP) is 4.13. The maximum absolute atomic E-state index is 12.7. The second kappa shape index (κ2) is 10.1. The van der Waals surface area contributed by atoms with Crippen molar-refractivity contribution in [3.63, 3.8) is 0 Å². The average molecular weight is 411 g/mol. The Hall–Kier alpha value is -3.09. The second-order valence-corrected chi connectivity index (χ2v) is 7.66. The summed E-state index contributed by atoms with van der Waals surface area (Å²) in [6.45, 7) is 9.20. The maximum Gasteiger partial charge on any atom is 0.339 e. The highest BCUT2D eigenvalue weighted by molar-refractivity contribution is 5.90. The third kappa shape index (κ3) is 5.49. The van der Waals surface area contributed by atoms with E-state index in [-0.39, 0.29) is 12.0 Å². The number of carbonyl (C=O) groups excluding carboxylic acids is 2. The summed E-state index contributed by atoms with van der Waals surface area (Å²) in [6, 6.07) is 11.5. The van der Waals surface area contributed by atoms with Crippen molar-refractivity contribution < 1.29 is 14.3 Å². The van der Waals surface area contributed by atoms with Crippen molar-refractivity contribution in [1.29, 1.82) is 0 Å². The Balaban J connectivity index is 1.56. The Morgan fingerprint density at radius 3 is 2.47 bits per heavy atom. The third-order valence-corrected chi connectivity index (χ3v) is 5.19. The van der Waals surface area contributed by atoms with Gasteiger partial charge < -0.3 is 19.9 Å². The lowest BCUT2D eigenvalue weighted by molar-refractivity contribution is 0.0526. The molecule has 1 aliphatic rings. The zero-order valence-corrected chi connectivity index (χ0v) is 17.9. The summed E-state index contributed by atoms with van der Waals surface area (Å²) >= 11 is 0. The van der Waals surface area contributed by atoms with E-state index in [0.29, 0.717) is 37.7 Å². The monoisotopic (exact) mass is 410 g/mol. The van der Waals surface area contributed by atoms with Crippen molar-refractivity contribution in [2.45, 2.75) is 33.1 Å². The fourth-order valence-corrected chi connectivity index (χ4v) is 3.41. The van der Waals surface area contributed by atoms with Gasteiger partial charge in [0.2, 0.25) is 0 Å². The van der Waals surface area contributed by atoms with E-state index in [9.17, 15) is 9.59 Å². The van der Waals surface area contributed by atoms with Gasteiger partial charge in [-0.15, -0.1) is 0 Å². The summed E-state index contributed by atoms with van der Waals surface area (Å²) in [4.78, 5) is 32.9. The molecule has 1 aliphatic heterocycles. The molecule has 2 amide bonds. The number of pyridine rings is 1. The summed E-state index contributed by atoms with van der Waals surface area (Å²) in [7, 11) is 0. The number of nitrogens with one attached hydrogen (secondary N) is 1. The predicted molar refractivity (Wildman–Crippen MR) is 118 cm³/mol. The molecular formula is C23H30N4O3. The quantitative estimate of drug-likeness (QED) is 0.751. The molecule has 2 heterocycles. The first-order chi connectivity index (χ1) is 14.5. The van der Waals surface area contributed by atoms with Crippen molar-refractivity contribution in [2.24, 2.45) is 0 Å². The molecule has 30 heavy (non-hydrogen) atoms. The Morgan fingerprint density at radius 2 is 1.83 bits per heavy atom. The van der Waals surface area contributed by atoms with Gasteiger partial charge in [-0.2, -0.15) is 0 Å². The number of nitrogens with zero attached hydrogens (tertiary/aromatic N) is 3. The Bertz CT molecular complexity index is 850. The number of urea groups is 1. The fourth-order valence-electron chi connectivity index (χ4n) is 3.41. The van der Waals surface area contributed by atoms with Crippen molar-refractivity contribution in [2.75, 3.05) is 43.0 Å². The van der Waals surface area contributed by atoms with Gasteiger partial charge in [0.05, 0.1) is 12.2 Å². The van der Waals surface area contributed by atoms with E-state index in [1.165, 1.54) is 5.56 Å². The minimum Gasteiger partial charge on any atom is -0.462 e. The number of anilines is 2. The van der Waals surface area contributed by atoms with Gasteiger partial charge in [0.1, 0.15) is 5.82 Å². The molecule has 160 valence electrons. The molecule has 0 saturated carbocycles. The average Bonchev–Trinajstić information content (AvgIpc) is 3.01. The van der Waals surface area contributed by atoms with E-state index in [1.807, 2.05) is 23.1 Å². The van der Waals surface area contributed by atoms with E-state index in [2.05, 4.69) is 41.2 Å². The molecule has 0 spiro atoms. The standard InChI is InChI=1S/C23H30N4O3/c1-4-30-22(28)19-8-11-21(24-16-19)26-12-5-13-27(15-14-26)23(29)25-20-9-6-18(7-10-20)17(2)3/h6-11,16-17H,4-5,12-15H2,1-3H3,(H,25,29). The van der Waals surface area contributed by atoms with Gasteiger partial charge in [-0.3, -0.25) is 0 Å². The summed E-state index contributed by atoms with van der Waals surface area (Å²) in [5, 5.41) is 2.99. The lowest BCUT2D eigenvalue weighted by atomic mass is 10.0. The molecule has 7 heteroatoms. The highest BCUT2D eigenvalue weighted by Gasteiger charge is 2.20. The lowest BCUT2D eigenvalue weighted by Gasteiger charge is -2.23. The molecule has 1 fully saturated rings. The Labute approximate surface area is 178 Å². The molecule has 0 radical (unpaired) electrons. The minimum absolute atomic E-state index is 0.0836. The molecule has 1 aromatic heterocycles. The first kappa shape index (κ1) is 21.6. The molecule has 1 saturated heterocycles. The van der Waals surface area contributed by atoms with E-state index in [1.54, 1.807) is 19.2 Å². The number of carbonyl (C=O) groups is 2. The van der Waals surface area contributed by atoms with E-state index in [4.69, 9.17) is 4.74 Å². The second-order valence-electron chi connectivity index (χ2n) is 7.66. The van der Waals surface area contributed by atoms with Crippen LogP contribution < -0.4 is 10.2 Å². The molecule has 1 aromatic carbocycles. The van der Waals surface area contributed by atoms with Gasteiger partial charge in [-0.05, 0) is 49.1 Å². The molecule has 3 rings (SSSR count). The Kier molecular flexibility index (Phi) is 7.27.